The number of nitrogens with one attached hydrogen (secondary N) is 1. The number of hydrogen-bond acceptors (Lipinski definition) is 5. The van der Waals surface area contributed by atoms with Gasteiger partial charge >= 0.3 is 0 Å². The fourth-order valence-electron chi connectivity index (χ4n) is 4.00. The SMILES string of the molecule is C[C@@H](SC1=Nc2ccccc2C2=N[C@H](Cc3ccccc3)C(=O)N12)C(=O)NCc1ccc(F)cc1. The van der Waals surface area contributed by atoms with Gasteiger partial charge in [-0.3, -0.25) is 14.6 Å². The molecule has 1 N–H and O–H groups in total. The molecule has 3 aromatic rings. The first-order valence-corrected chi connectivity index (χ1v) is 12.2. The van der Waals surface area contributed by atoms with Crippen LogP contribution < -0.4 is 5.32 Å². The fourth-order valence-corrected chi connectivity index (χ4v) is 4.94. The summed E-state index contributed by atoms with van der Waals surface area (Å²) in [5, 5.41) is 2.79. The molecule has 2 aliphatic rings. The second-order valence-electron chi connectivity index (χ2n) is 8.35. The monoisotopic (exact) mass is 486 g/mol. The second kappa shape index (κ2) is 9.84. The summed E-state index contributed by atoms with van der Waals surface area (Å²) < 4.78 is 13.1. The molecular weight excluding hydrogens is 463 g/mol. The van der Waals surface area contributed by atoms with Crippen molar-refractivity contribution in [2.24, 2.45) is 9.98 Å². The average Bonchev–Trinajstić information content (AvgIpc) is 3.20. The Morgan fingerprint density at radius 2 is 1.74 bits per heavy atom. The lowest BCUT2D eigenvalue weighted by atomic mass is 10.1. The third kappa shape index (κ3) is 4.88. The number of carbonyl (C=O) groups excluding carboxylic acids is 2. The minimum atomic E-state index is -0.549. The number of amidine groups is 2. The van der Waals surface area contributed by atoms with Gasteiger partial charge in [-0.25, -0.2) is 14.3 Å². The summed E-state index contributed by atoms with van der Waals surface area (Å²) in [4.78, 5) is 37.3. The minimum absolute atomic E-state index is 0.150. The van der Waals surface area contributed by atoms with E-state index in [1.165, 1.54) is 23.9 Å². The van der Waals surface area contributed by atoms with Crippen molar-refractivity contribution in [3.63, 3.8) is 0 Å². The van der Waals surface area contributed by atoms with E-state index < -0.39 is 11.3 Å². The lowest BCUT2D eigenvalue weighted by molar-refractivity contribution is -0.124. The Bertz CT molecular complexity index is 1320. The van der Waals surface area contributed by atoms with Gasteiger partial charge in [0.15, 0.2) is 5.17 Å². The number of carbonyl (C=O) groups is 2. The minimum Gasteiger partial charge on any atom is -0.351 e. The van der Waals surface area contributed by atoms with Gasteiger partial charge in [0, 0.05) is 18.5 Å². The van der Waals surface area contributed by atoms with Crippen molar-refractivity contribution in [2.45, 2.75) is 31.2 Å². The van der Waals surface area contributed by atoms with Gasteiger partial charge in [0.1, 0.15) is 17.7 Å². The van der Waals surface area contributed by atoms with Crippen molar-refractivity contribution < 1.29 is 14.0 Å². The van der Waals surface area contributed by atoms with E-state index in [1.807, 2.05) is 54.6 Å². The normalized spacial score (nSPS) is 17.3. The van der Waals surface area contributed by atoms with Crippen LogP contribution in [-0.2, 0) is 22.6 Å². The van der Waals surface area contributed by atoms with Gasteiger partial charge in [-0.2, -0.15) is 0 Å². The highest BCUT2D eigenvalue weighted by Crippen LogP contribution is 2.35. The molecule has 0 saturated heterocycles. The quantitative estimate of drug-likeness (QED) is 0.559. The van der Waals surface area contributed by atoms with Crippen LogP contribution in [0.1, 0.15) is 23.6 Å². The molecule has 0 fully saturated rings. The number of thioether (sulfide) groups is 1. The first-order chi connectivity index (χ1) is 17.0. The third-order valence-electron chi connectivity index (χ3n) is 5.85. The smallest absolute Gasteiger partial charge is 0.259 e. The molecule has 3 aromatic carbocycles. The first kappa shape index (κ1) is 23.0. The molecule has 176 valence electrons. The molecule has 0 radical (unpaired) electrons. The largest absolute Gasteiger partial charge is 0.351 e. The number of aliphatic imine (C=N–C) groups is 2. The Labute approximate surface area is 207 Å². The summed E-state index contributed by atoms with van der Waals surface area (Å²) in [6.45, 7) is 2.06. The number of halogens is 1. The molecule has 0 bridgehead atoms. The van der Waals surface area contributed by atoms with E-state index in [0.717, 1.165) is 22.4 Å². The van der Waals surface area contributed by atoms with Crippen LogP contribution in [0.5, 0.6) is 0 Å². The van der Waals surface area contributed by atoms with Crippen LogP contribution in [0.15, 0.2) is 88.8 Å². The molecule has 0 spiro atoms. The molecule has 0 unspecified atom stereocenters. The van der Waals surface area contributed by atoms with E-state index in [1.54, 1.807) is 24.0 Å². The summed E-state index contributed by atoms with van der Waals surface area (Å²) in [5.74, 6) is -0.101. The van der Waals surface area contributed by atoms with E-state index >= 15 is 0 Å². The molecule has 2 amide bonds. The van der Waals surface area contributed by atoms with Crippen LogP contribution >= 0.6 is 11.8 Å². The second-order valence-corrected chi connectivity index (χ2v) is 9.66. The van der Waals surface area contributed by atoms with Crippen LogP contribution in [-0.4, -0.2) is 39.0 Å². The fraction of sp³-hybridized carbons (Fsp3) is 0.185. The van der Waals surface area contributed by atoms with Crippen molar-refractivity contribution >= 4 is 40.3 Å². The number of fused-ring (bicyclic) bond motifs is 3. The lowest BCUT2D eigenvalue weighted by Crippen LogP contribution is -2.43. The number of hydrogen-bond donors (Lipinski definition) is 1. The maximum absolute atomic E-state index is 13.4. The molecule has 2 aliphatic heterocycles. The molecule has 35 heavy (non-hydrogen) atoms. The Morgan fingerprint density at radius 1 is 1.03 bits per heavy atom. The summed E-state index contributed by atoms with van der Waals surface area (Å²) >= 11 is 1.22. The molecule has 0 aliphatic carbocycles. The highest BCUT2D eigenvalue weighted by molar-refractivity contribution is 8.15. The summed E-state index contributed by atoms with van der Waals surface area (Å²) in [7, 11) is 0. The van der Waals surface area contributed by atoms with Crippen molar-refractivity contribution in [1.82, 2.24) is 10.2 Å². The van der Waals surface area contributed by atoms with Crippen molar-refractivity contribution in [2.75, 3.05) is 0 Å². The van der Waals surface area contributed by atoms with Crippen LogP contribution in [0.2, 0.25) is 0 Å². The zero-order valence-corrected chi connectivity index (χ0v) is 19.8. The third-order valence-corrected chi connectivity index (χ3v) is 6.90. The standard InChI is InChI=1S/C27H23FN4O2S/c1-17(25(33)29-16-19-11-13-20(28)14-12-19)35-27-31-22-10-6-5-9-21(22)24-30-23(26(34)32(24)27)15-18-7-3-2-4-8-18/h2-14,17,23H,15-16H2,1H3,(H,29,33)/t17-,23-/m1/s1. The van der Waals surface area contributed by atoms with Gasteiger partial charge in [0.2, 0.25) is 5.91 Å². The van der Waals surface area contributed by atoms with Crippen molar-refractivity contribution in [3.8, 4) is 0 Å². The zero-order valence-electron chi connectivity index (χ0n) is 19.0. The van der Waals surface area contributed by atoms with Crippen molar-refractivity contribution in [1.29, 1.82) is 0 Å². The molecule has 8 heteroatoms. The van der Waals surface area contributed by atoms with E-state index in [-0.39, 0.29) is 24.2 Å². The van der Waals surface area contributed by atoms with Crippen LogP contribution in [0, 0.1) is 5.82 Å². The maximum Gasteiger partial charge on any atom is 0.259 e. The first-order valence-electron chi connectivity index (χ1n) is 11.3. The molecule has 6 nitrogen and oxygen atoms in total. The Morgan fingerprint density at radius 3 is 2.51 bits per heavy atom. The molecule has 5 rings (SSSR count). The summed E-state index contributed by atoms with van der Waals surface area (Å²) in [6, 6.07) is 22.8. The van der Waals surface area contributed by atoms with E-state index in [4.69, 9.17) is 9.98 Å². The molecular formula is C27H23FN4O2S. The predicted octanol–water partition coefficient (Wildman–Crippen LogP) is 4.47. The topological polar surface area (TPSA) is 74.1 Å². The number of rotatable bonds is 6. The van der Waals surface area contributed by atoms with Gasteiger partial charge in [-0.1, -0.05) is 66.4 Å². The van der Waals surface area contributed by atoms with E-state index in [9.17, 15) is 14.0 Å². The lowest BCUT2D eigenvalue weighted by Gasteiger charge is -2.27. The molecule has 2 atom stereocenters. The van der Waals surface area contributed by atoms with Gasteiger partial charge in [0.25, 0.3) is 5.91 Å². The van der Waals surface area contributed by atoms with E-state index in [0.29, 0.717) is 17.4 Å². The number of amides is 2. The zero-order chi connectivity index (χ0) is 24.4. The summed E-state index contributed by atoms with van der Waals surface area (Å²) in [6.07, 6.45) is 0.494. The van der Waals surface area contributed by atoms with Crippen LogP contribution in [0.25, 0.3) is 0 Å². The van der Waals surface area contributed by atoms with Crippen LogP contribution in [0.4, 0.5) is 10.1 Å². The van der Waals surface area contributed by atoms with Crippen molar-refractivity contribution in [3.05, 3.63) is 101 Å². The van der Waals surface area contributed by atoms with E-state index in [2.05, 4.69) is 5.32 Å². The van der Waals surface area contributed by atoms with Crippen LogP contribution in [0.3, 0.4) is 0 Å². The Balaban J connectivity index is 1.34. The maximum atomic E-state index is 13.4. The highest BCUT2D eigenvalue weighted by Gasteiger charge is 2.42. The van der Waals surface area contributed by atoms with Gasteiger partial charge in [-0.15, -0.1) is 0 Å². The predicted molar refractivity (Wildman–Crippen MR) is 136 cm³/mol. The molecule has 0 aromatic heterocycles. The Hall–Kier alpha value is -3.78. The number of nitrogens with zero attached hydrogens (tertiary/aromatic N) is 3. The average molecular weight is 487 g/mol. The Kier molecular flexibility index (Phi) is 6.46. The van der Waals surface area contributed by atoms with Gasteiger partial charge in [0.05, 0.1) is 10.9 Å². The van der Waals surface area contributed by atoms with Gasteiger partial charge < -0.3 is 5.32 Å². The highest BCUT2D eigenvalue weighted by atomic mass is 32.2. The number of benzene rings is 3. The molecule has 2 heterocycles. The number of para-hydroxylation sites is 1. The summed E-state index contributed by atoms with van der Waals surface area (Å²) in [5.41, 5.74) is 3.35. The molecule has 0 saturated carbocycles. The van der Waals surface area contributed by atoms with Gasteiger partial charge in [-0.05, 0) is 42.3 Å².